The third-order valence-electron chi connectivity index (χ3n) is 4.13. The van der Waals surface area contributed by atoms with Gasteiger partial charge in [0.2, 0.25) is 0 Å². The van der Waals surface area contributed by atoms with Crippen molar-refractivity contribution in [3.8, 4) is 0 Å². The molecule has 17 heavy (non-hydrogen) atoms. The van der Waals surface area contributed by atoms with Gasteiger partial charge < -0.3 is 5.32 Å². The highest BCUT2D eigenvalue weighted by Crippen LogP contribution is 2.34. The average Bonchev–Trinajstić information content (AvgIpc) is 2.36. The van der Waals surface area contributed by atoms with E-state index in [2.05, 4.69) is 41.3 Å². The van der Waals surface area contributed by atoms with Crippen LogP contribution in [0.3, 0.4) is 0 Å². The number of hydrogen-bond donors (Lipinski definition) is 1. The summed E-state index contributed by atoms with van der Waals surface area (Å²) in [4.78, 5) is 0. The molecule has 2 aliphatic rings. The molecule has 0 bridgehead atoms. The Morgan fingerprint density at radius 2 is 1.94 bits per heavy atom. The van der Waals surface area contributed by atoms with Crippen LogP contribution in [0.5, 0.6) is 0 Å². The van der Waals surface area contributed by atoms with Crippen LogP contribution < -0.4 is 5.32 Å². The molecule has 0 spiro atoms. The molecule has 1 fully saturated rings. The first kappa shape index (κ1) is 11.6. The molecule has 1 aromatic rings. The summed E-state index contributed by atoms with van der Waals surface area (Å²) >= 11 is 2.12. The smallest absolute Gasteiger partial charge is 0.00235 e. The molecular formula is C15H21NS. The Morgan fingerprint density at radius 3 is 2.76 bits per heavy atom. The standard InChI is InChI=1S/C15H21NS/c1-2-4-15-13(3-1)9-14(15)11-16-10-12-5-7-17-8-6-12/h1-4,12,14,16H,5-11H2. The molecule has 0 aromatic heterocycles. The van der Waals surface area contributed by atoms with Gasteiger partial charge in [-0.2, -0.15) is 11.8 Å². The lowest BCUT2D eigenvalue weighted by molar-refractivity contribution is 0.427. The second-order valence-corrected chi connectivity index (χ2v) is 6.54. The first-order chi connectivity index (χ1) is 8.43. The molecule has 92 valence electrons. The average molecular weight is 247 g/mol. The first-order valence-electron chi connectivity index (χ1n) is 6.80. The molecule has 0 saturated carbocycles. The van der Waals surface area contributed by atoms with Gasteiger partial charge in [0, 0.05) is 12.5 Å². The van der Waals surface area contributed by atoms with E-state index in [4.69, 9.17) is 0 Å². The van der Waals surface area contributed by atoms with E-state index in [9.17, 15) is 0 Å². The van der Waals surface area contributed by atoms with E-state index in [1.807, 2.05) is 0 Å². The van der Waals surface area contributed by atoms with E-state index in [1.165, 1.54) is 43.9 Å². The lowest BCUT2D eigenvalue weighted by Crippen LogP contribution is -2.33. The summed E-state index contributed by atoms with van der Waals surface area (Å²) in [5.74, 6) is 4.47. The number of fused-ring (bicyclic) bond motifs is 1. The van der Waals surface area contributed by atoms with E-state index in [1.54, 1.807) is 11.1 Å². The Bertz CT molecular complexity index is 371. The molecule has 1 saturated heterocycles. The maximum absolute atomic E-state index is 3.69. The van der Waals surface area contributed by atoms with E-state index in [0.29, 0.717) is 0 Å². The molecule has 1 atom stereocenters. The summed E-state index contributed by atoms with van der Waals surface area (Å²) < 4.78 is 0. The highest BCUT2D eigenvalue weighted by Gasteiger charge is 2.25. The van der Waals surface area contributed by atoms with Crippen LogP contribution in [0.25, 0.3) is 0 Å². The van der Waals surface area contributed by atoms with Crippen molar-refractivity contribution < 1.29 is 0 Å². The van der Waals surface area contributed by atoms with E-state index in [0.717, 1.165) is 11.8 Å². The normalized spacial score (nSPS) is 24.1. The van der Waals surface area contributed by atoms with E-state index in [-0.39, 0.29) is 0 Å². The number of nitrogens with one attached hydrogen (secondary N) is 1. The van der Waals surface area contributed by atoms with Crippen LogP contribution in [0.1, 0.15) is 29.9 Å². The van der Waals surface area contributed by atoms with Crippen molar-refractivity contribution in [3.63, 3.8) is 0 Å². The van der Waals surface area contributed by atoms with Crippen molar-refractivity contribution >= 4 is 11.8 Å². The van der Waals surface area contributed by atoms with Crippen LogP contribution in [0, 0.1) is 5.92 Å². The zero-order valence-electron chi connectivity index (χ0n) is 10.3. The van der Waals surface area contributed by atoms with Crippen molar-refractivity contribution in [3.05, 3.63) is 35.4 Å². The SMILES string of the molecule is c1ccc2c(c1)CC2CNCC1CCSCC1. The summed E-state index contributed by atoms with van der Waals surface area (Å²) in [6, 6.07) is 8.89. The van der Waals surface area contributed by atoms with Gasteiger partial charge in [-0.25, -0.2) is 0 Å². The summed E-state index contributed by atoms with van der Waals surface area (Å²) in [5, 5.41) is 3.69. The predicted octanol–water partition coefficient (Wildman–Crippen LogP) is 3.06. The van der Waals surface area contributed by atoms with E-state index >= 15 is 0 Å². The first-order valence-corrected chi connectivity index (χ1v) is 7.95. The maximum Gasteiger partial charge on any atom is 0.00235 e. The molecule has 3 rings (SSSR count). The van der Waals surface area contributed by atoms with Gasteiger partial charge in [0.05, 0.1) is 0 Å². The molecule has 1 aliphatic heterocycles. The van der Waals surface area contributed by atoms with Crippen molar-refractivity contribution in [1.82, 2.24) is 5.32 Å². The second-order valence-electron chi connectivity index (χ2n) is 5.31. The third-order valence-corrected chi connectivity index (χ3v) is 5.17. The Labute approximate surface area is 108 Å². The van der Waals surface area contributed by atoms with Crippen LogP contribution >= 0.6 is 11.8 Å². The number of rotatable bonds is 4. The number of hydrogen-bond acceptors (Lipinski definition) is 2. The lowest BCUT2D eigenvalue weighted by atomic mass is 9.77. The molecule has 1 aliphatic carbocycles. The largest absolute Gasteiger partial charge is 0.316 e. The predicted molar refractivity (Wildman–Crippen MR) is 75.8 cm³/mol. The molecule has 1 unspecified atom stereocenters. The van der Waals surface area contributed by atoms with Gasteiger partial charge in [0.1, 0.15) is 0 Å². The van der Waals surface area contributed by atoms with Crippen LogP contribution in [-0.2, 0) is 6.42 Å². The Balaban J connectivity index is 1.41. The van der Waals surface area contributed by atoms with Crippen LogP contribution in [0.15, 0.2) is 24.3 Å². The zero-order chi connectivity index (χ0) is 11.5. The van der Waals surface area contributed by atoms with Crippen LogP contribution in [-0.4, -0.2) is 24.6 Å². The minimum absolute atomic E-state index is 0.782. The fourth-order valence-corrected chi connectivity index (χ4v) is 4.16. The van der Waals surface area contributed by atoms with Crippen molar-refractivity contribution in [2.75, 3.05) is 24.6 Å². The van der Waals surface area contributed by atoms with Gasteiger partial charge in [-0.3, -0.25) is 0 Å². The minimum atomic E-state index is 0.782. The van der Waals surface area contributed by atoms with Gasteiger partial charge in [0.15, 0.2) is 0 Å². The van der Waals surface area contributed by atoms with Crippen LogP contribution in [0.2, 0.25) is 0 Å². The molecule has 1 aromatic carbocycles. The zero-order valence-corrected chi connectivity index (χ0v) is 11.1. The Hall–Kier alpha value is -0.470. The van der Waals surface area contributed by atoms with E-state index < -0.39 is 0 Å². The topological polar surface area (TPSA) is 12.0 Å². The van der Waals surface area contributed by atoms with Gasteiger partial charge in [-0.05, 0) is 54.4 Å². The summed E-state index contributed by atoms with van der Waals surface area (Å²) in [6.07, 6.45) is 4.11. The molecular weight excluding hydrogens is 226 g/mol. The Morgan fingerprint density at radius 1 is 1.12 bits per heavy atom. The minimum Gasteiger partial charge on any atom is -0.316 e. The van der Waals surface area contributed by atoms with Gasteiger partial charge in [-0.1, -0.05) is 24.3 Å². The molecule has 1 heterocycles. The highest BCUT2D eigenvalue weighted by molar-refractivity contribution is 7.99. The summed E-state index contributed by atoms with van der Waals surface area (Å²) in [5.41, 5.74) is 3.15. The fourth-order valence-electron chi connectivity index (χ4n) is 2.96. The summed E-state index contributed by atoms with van der Waals surface area (Å²) in [6.45, 7) is 2.42. The van der Waals surface area contributed by atoms with Gasteiger partial charge in [-0.15, -0.1) is 0 Å². The van der Waals surface area contributed by atoms with Crippen LogP contribution in [0.4, 0.5) is 0 Å². The summed E-state index contributed by atoms with van der Waals surface area (Å²) in [7, 11) is 0. The number of benzene rings is 1. The molecule has 0 amide bonds. The third kappa shape index (κ3) is 2.69. The molecule has 1 nitrogen and oxygen atoms in total. The fraction of sp³-hybridized carbons (Fsp3) is 0.600. The van der Waals surface area contributed by atoms with Gasteiger partial charge >= 0.3 is 0 Å². The van der Waals surface area contributed by atoms with Crippen molar-refractivity contribution in [2.24, 2.45) is 5.92 Å². The molecule has 2 heteroatoms. The Kier molecular flexibility index (Phi) is 3.72. The maximum atomic E-state index is 3.69. The lowest BCUT2D eigenvalue weighted by Gasteiger charge is -2.31. The molecule has 0 radical (unpaired) electrons. The van der Waals surface area contributed by atoms with Gasteiger partial charge in [0.25, 0.3) is 0 Å². The highest BCUT2D eigenvalue weighted by atomic mass is 32.2. The van der Waals surface area contributed by atoms with Crippen molar-refractivity contribution in [1.29, 1.82) is 0 Å². The second kappa shape index (κ2) is 5.45. The quantitative estimate of drug-likeness (QED) is 0.877. The monoisotopic (exact) mass is 247 g/mol. The molecule has 1 N–H and O–H groups in total. The number of thioether (sulfide) groups is 1. The van der Waals surface area contributed by atoms with Crippen molar-refractivity contribution in [2.45, 2.75) is 25.2 Å².